The Morgan fingerprint density at radius 1 is 1.50 bits per heavy atom. The average Bonchev–Trinajstić information content (AvgIpc) is 3.02. The minimum atomic E-state index is 0.0150. The minimum absolute atomic E-state index is 0.0150. The summed E-state index contributed by atoms with van der Waals surface area (Å²) in [7, 11) is 0. The zero-order valence-corrected chi connectivity index (χ0v) is 12.9. The SMILES string of the molecule is CCCc1nc(C(=O)N2CCc3nc(N)sc3C2)cs1. The lowest BCUT2D eigenvalue weighted by Gasteiger charge is -2.25. The maximum absolute atomic E-state index is 12.5. The molecular formula is C13H16N4OS2. The molecular weight excluding hydrogens is 292 g/mol. The highest BCUT2D eigenvalue weighted by atomic mass is 32.1. The number of aromatic nitrogens is 2. The molecule has 0 aliphatic carbocycles. The van der Waals surface area contributed by atoms with E-state index in [1.165, 1.54) is 11.3 Å². The van der Waals surface area contributed by atoms with Gasteiger partial charge in [-0.05, 0) is 12.8 Å². The van der Waals surface area contributed by atoms with Gasteiger partial charge < -0.3 is 10.6 Å². The summed E-state index contributed by atoms with van der Waals surface area (Å²) in [5.41, 5.74) is 7.33. The molecule has 1 aliphatic rings. The van der Waals surface area contributed by atoms with Gasteiger partial charge in [0.1, 0.15) is 5.69 Å². The molecule has 0 spiro atoms. The van der Waals surface area contributed by atoms with Crippen LogP contribution in [-0.4, -0.2) is 27.3 Å². The van der Waals surface area contributed by atoms with E-state index in [9.17, 15) is 4.79 Å². The molecule has 3 heterocycles. The maximum atomic E-state index is 12.5. The van der Waals surface area contributed by atoms with Crippen LogP contribution in [0.3, 0.4) is 0 Å². The van der Waals surface area contributed by atoms with Gasteiger partial charge >= 0.3 is 0 Å². The summed E-state index contributed by atoms with van der Waals surface area (Å²) >= 11 is 3.04. The first-order valence-electron chi connectivity index (χ1n) is 6.65. The van der Waals surface area contributed by atoms with E-state index >= 15 is 0 Å². The maximum Gasteiger partial charge on any atom is 0.273 e. The van der Waals surface area contributed by atoms with Crippen molar-refractivity contribution in [2.75, 3.05) is 12.3 Å². The lowest BCUT2D eigenvalue weighted by Crippen LogP contribution is -2.35. The standard InChI is InChI=1S/C13H16N4OS2/c1-2-3-11-15-9(7-19-11)12(18)17-5-4-8-10(6-17)20-13(14)16-8/h7H,2-6H2,1H3,(H2,14,16). The Balaban J connectivity index is 1.74. The molecule has 7 heteroatoms. The molecule has 2 N–H and O–H groups in total. The summed E-state index contributed by atoms with van der Waals surface area (Å²) in [6, 6.07) is 0. The smallest absolute Gasteiger partial charge is 0.273 e. The van der Waals surface area contributed by atoms with Crippen molar-refractivity contribution in [2.45, 2.75) is 32.7 Å². The van der Waals surface area contributed by atoms with Crippen molar-refractivity contribution in [1.29, 1.82) is 0 Å². The second kappa shape index (κ2) is 5.49. The van der Waals surface area contributed by atoms with Gasteiger partial charge in [0.2, 0.25) is 0 Å². The molecule has 0 atom stereocenters. The molecule has 5 nitrogen and oxygen atoms in total. The van der Waals surface area contributed by atoms with Crippen molar-refractivity contribution in [3.63, 3.8) is 0 Å². The number of nitrogens with zero attached hydrogens (tertiary/aromatic N) is 3. The molecule has 0 aromatic carbocycles. The van der Waals surface area contributed by atoms with Crippen molar-refractivity contribution < 1.29 is 4.79 Å². The second-order valence-corrected chi connectivity index (χ2v) is 6.83. The van der Waals surface area contributed by atoms with Gasteiger partial charge in [-0.3, -0.25) is 4.79 Å². The van der Waals surface area contributed by atoms with Crippen LogP contribution >= 0.6 is 22.7 Å². The third-order valence-electron chi connectivity index (χ3n) is 3.27. The first-order valence-corrected chi connectivity index (χ1v) is 8.34. The number of hydrogen-bond donors (Lipinski definition) is 1. The molecule has 106 valence electrons. The normalized spacial score (nSPS) is 14.3. The zero-order chi connectivity index (χ0) is 14.1. The molecule has 2 aromatic rings. The number of nitrogens with two attached hydrogens (primary N) is 1. The van der Waals surface area contributed by atoms with Crippen molar-refractivity contribution >= 4 is 33.7 Å². The number of carbonyl (C=O) groups is 1. The fourth-order valence-electron chi connectivity index (χ4n) is 2.29. The van der Waals surface area contributed by atoms with E-state index in [1.807, 2.05) is 10.3 Å². The van der Waals surface area contributed by atoms with Crippen molar-refractivity contribution in [3.05, 3.63) is 26.7 Å². The van der Waals surface area contributed by atoms with Gasteiger partial charge in [0, 0.05) is 23.2 Å². The number of anilines is 1. The average molecular weight is 308 g/mol. The van der Waals surface area contributed by atoms with Gasteiger partial charge in [-0.2, -0.15) is 0 Å². The zero-order valence-electron chi connectivity index (χ0n) is 11.3. The number of rotatable bonds is 3. The van der Waals surface area contributed by atoms with Crippen LogP contribution in [0.25, 0.3) is 0 Å². The molecule has 1 amide bonds. The van der Waals surface area contributed by atoms with Crippen LogP contribution in [-0.2, 0) is 19.4 Å². The number of aryl methyl sites for hydroxylation is 1. The summed E-state index contributed by atoms with van der Waals surface area (Å²) in [5, 5.41) is 3.49. The Bertz CT molecular complexity index is 634. The lowest BCUT2D eigenvalue weighted by atomic mass is 10.1. The first-order chi connectivity index (χ1) is 9.67. The van der Waals surface area contributed by atoms with E-state index in [2.05, 4.69) is 16.9 Å². The highest BCUT2D eigenvalue weighted by Gasteiger charge is 2.25. The molecule has 20 heavy (non-hydrogen) atoms. The van der Waals surface area contributed by atoms with Crippen LogP contribution in [0, 0.1) is 0 Å². The number of nitrogen functional groups attached to an aromatic ring is 1. The van der Waals surface area contributed by atoms with Gasteiger partial charge in [0.05, 0.1) is 17.2 Å². The third-order valence-corrected chi connectivity index (χ3v) is 5.09. The summed E-state index contributed by atoms with van der Waals surface area (Å²) in [6.07, 6.45) is 2.77. The third kappa shape index (κ3) is 2.55. The van der Waals surface area contributed by atoms with E-state index in [-0.39, 0.29) is 5.91 Å². The van der Waals surface area contributed by atoms with E-state index in [1.54, 1.807) is 11.3 Å². The van der Waals surface area contributed by atoms with Gasteiger partial charge in [-0.25, -0.2) is 9.97 Å². The highest BCUT2D eigenvalue weighted by molar-refractivity contribution is 7.15. The highest BCUT2D eigenvalue weighted by Crippen LogP contribution is 2.27. The number of thiazole rings is 2. The molecule has 0 saturated carbocycles. The van der Waals surface area contributed by atoms with Crippen LogP contribution in [0.5, 0.6) is 0 Å². The van der Waals surface area contributed by atoms with Gasteiger partial charge in [-0.1, -0.05) is 6.92 Å². The minimum Gasteiger partial charge on any atom is -0.375 e. The van der Waals surface area contributed by atoms with E-state index in [0.717, 1.165) is 34.8 Å². The largest absolute Gasteiger partial charge is 0.375 e. The Labute approximate surface area is 125 Å². The van der Waals surface area contributed by atoms with Crippen molar-refractivity contribution in [2.24, 2.45) is 0 Å². The van der Waals surface area contributed by atoms with E-state index < -0.39 is 0 Å². The number of hydrogen-bond acceptors (Lipinski definition) is 6. The molecule has 0 fully saturated rings. The topological polar surface area (TPSA) is 72.1 Å². The monoisotopic (exact) mass is 308 g/mol. The molecule has 0 unspecified atom stereocenters. The fourth-order valence-corrected chi connectivity index (χ4v) is 4.06. The van der Waals surface area contributed by atoms with Gasteiger partial charge in [0.25, 0.3) is 5.91 Å². The van der Waals surface area contributed by atoms with E-state index in [0.29, 0.717) is 23.9 Å². The Morgan fingerprint density at radius 3 is 3.15 bits per heavy atom. The second-order valence-electron chi connectivity index (χ2n) is 4.78. The summed E-state index contributed by atoms with van der Waals surface area (Å²) < 4.78 is 0. The number of fused-ring (bicyclic) bond motifs is 1. The van der Waals surface area contributed by atoms with E-state index in [4.69, 9.17) is 5.73 Å². The Hall–Kier alpha value is -1.47. The van der Waals surface area contributed by atoms with Gasteiger partial charge in [0.15, 0.2) is 5.13 Å². The van der Waals surface area contributed by atoms with Crippen LogP contribution in [0.1, 0.15) is 39.4 Å². The van der Waals surface area contributed by atoms with Crippen molar-refractivity contribution in [3.8, 4) is 0 Å². The molecule has 3 rings (SSSR count). The summed E-state index contributed by atoms with van der Waals surface area (Å²) in [4.78, 5) is 24.1. The van der Waals surface area contributed by atoms with Gasteiger partial charge in [-0.15, -0.1) is 22.7 Å². The van der Waals surface area contributed by atoms with Crippen LogP contribution in [0.15, 0.2) is 5.38 Å². The predicted octanol–water partition coefficient (Wildman–Crippen LogP) is 2.33. The quantitative estimate of drug-likeness (QED) is 0.944. The predicted molar refractivity (Wildman–Crippen MR) is 81.1 cm³/mol. The Kier molecular flexibility index (Phi) is 3.71. The molecule has 2 aromatic heterocycles. The van der Waals surface area contributed by atoms with Crippen LogP contribution in [0.4, 0.5) is 5.13 Å². The van der Waals surface area contributed by atoms with Crippen molar-refractivity contribution in [1.82, 2.24) is 14.9 Å². The van der Waals surface area contributed by atoms with Crippen LogP contribution < -0.4 is 5.73 Å². The van der Waals surface area contributed by atoms with Crippen LogP contribution in [0.2, 0.25) is 0 Å². The summed E-state index contributed by atoms with van der Waals surface area (Å²) in [6.45, 7) is 3.41. The fraction of sp³-hybridized carbons (Fsp3) is 0.462. The number of amides is 1. The summed E-state index contributed by atoms with van der Waals surface area (Å²) in [5.74, 6) is 0.0150. The molecule has 0 bridgehead atoms. The number of carbonyl (C=O) groups excluding carboxylic acids is 1. The molecule has 0 saturated heterocycles. The molecule has 0 radical (unpaired) electrons. The Morgan fingerprint density at radius 2 is 2.35 bits per heavy atom. The molecule has 1 aliphatic heterocycles. The lowest BCUT2D eigenvalue weighted by molar-refractivity contribution is 0.0731. The first kappa shape index (κ1) is 13.5.